The highest BCUT2D eigenvalue weighted by Gasteiger charge is 2.32. The van der Waals surface area contributed by atoms with Gasteiger partial charge in [0.1, 0.15) is 5.82 Å². The van der Waals surface area contributed by atoms with Crippen LogP contribution >= 0.6 is 0 Å². The van der Waals surface area contributed by atoms with Gasteiger partial charge in [-0.05, 0) is 67.1 Å². The van der Waals surface area contributed by atoms with Gasteiger partial charge in [-0.2, -0.15) is 13.2 Å². The minimum atomic E-state index is -4.48. The van der Waals surface area contributed by atoms with E-state index in [9.17, 15) is 17.6 Å². The van der Waals surface area contributed by atoms with Crippen LogP contribution in [0.25, 0.3) is 0 Å². The van der Waals surface area contributed by atoms with Crippen LogP contribution < -0.4 is 0 Å². The molecule has 0 saturated heterocycles. The van der Waals surface area contributed by atoms with Gasteiger partial charge < -0.3 is 0 Å². The summed E-state index contributed by atoms with van der Waals surface area (Å²) in [4.78, 5) is 0. The molecule has 0 spiro atoms. The Morgan fingerprint density at radius 3 is 1.53 bits per heavy atom. The van der Waals surface area contributed by atoms with E-state index >= 15 is 0 Å². The first kappa shape index (κ1) is 31.5. The van der Waals surface area contributed by atoms with Crippen LogP contribution in [0.15, 0.2) is 18.2 Å². The summed E-state index contributed by atoms with van der Waals surface area (Å²) in [6.45, 7) is 2.28. The lowest BCUT2D eigenvalue weighted by molar-refractivity contribution is -0.137. The number of halogens is 4. The van der Waals surface area contributed by atoms with E-state index in [0.717, 1.165) is 43.6 Å². The van der Waals surface area contributed by atoms with E-state index in [1.54, 1.807) is 0 Å². The Balaban J connectivity index is 1.20. The molecule has 2 aliphatic rings. The number of alkyl halides is 3. The van der Waals surface area contributed by atoms with Gasteiger partial charge in [0.15, 0.2) is 0 Å². The highest BCUT2D eigenvalue weighted by atomic mass is 19.4. The van der Waals surface area contributed by atoms with Crippen LogP contribution in [-0.2, 0) is 6.18 Å². The summed E-state index contributed by atoms with van der Waals surface area (Å²) < 4.78 is 52.9. The standard InChI is InChI=1S/C34H54F4/c1-2-3-4-5-6-7-8-9-10-11-12-13-27-14-16-28(17-15-27)18-19-29-20-22-30(23-21-29)32-25-24-31(26-33(32)35)34(36,37)38/h24-30H,2-23H2,1H3. The summed E-state index contributed by atoms with van der Waals surface area (Å²) in [7, 11) is 0. The van der Waals surface area contributed by atoms with Crippen molar-refractivity contribution in [2.75, 3.05) is 0 Å². The minimum absolute atomic E-state index is 0.0690. The second kappa shape index (κ2) is 16.9. The van der Waals surface area contributed by atoms with E-state index in [0.29, 0.717) is 17.5 Å². The summed E-state index contributed by atoms with van der Waals surface area (Å²) >= 11 is 0. The molecule has 3 rings (SSSR count). The van der Waals surface area contributed by atoms with Crippen molar-refractivity contribution in [2.45, 2.75) is 160 Å². The molecular formula is C34H54F4. The Labute approximate surface area is 230 Å². The van der Waals surface area contributed by atoms with E-state index in [2.05, 4.69) is 6.92 Å². The van der Waals surface area contributed by atoms with Crippen LogP contribution in [-0.4, -0.2) is 0 Å². The van der Waals surface area contributed by atoms with Crippen LogP contribution in [0, 0.1) is 23.6 Å². The molecule has 0 aromatic heterocycles. The lowest BCUT2D eigenvalue weighted by atomic mass is 9.74. The third-order valence-electron chi connectivity index (χ3n) is 9.78. The third-order valence-corrected chi connectivity index (χ3v) is 9.78. The molecule has 0 amide bonds. The summed E-state index contributed by atoms with van der Waals surface area (Å²) in [5, 5.41) is 0. The SMILES string of the molecule is CCCCCCCCCCCCCC1CCC(CCC2CCC(c3ccc(C(F)(F)F)cc3F)CC2)CC1. The first-order valence-electron chi connectivity index (χ1n) is 16.2. The van der Waals surface area contributed by atoms with Crippen molar-refractivity contribution in [3.63, 3.8) is 0 Å². The van der Waals surface area contributed by atoms with Gasteiger partial charge in [0.05, 0.1) is 5.56 Å². The van der Waals surface area contributed by atoms with Crippen molar-refractivity contribution in [2.24, 2.45) is 17.8 Å². The zero-order valence-electron chi connectivity index (χ0n) is 24.1. The van der Waals surface area contributed by atoms with Crippen molar-refractivity contribution in [3.8, 4) is 0 Å². The van der Waals surface area contributed by atoms with Gasteiger partial charge in [0, 0.05) is 0 Å². The van der Waals surface area contributed by atoms with Crippen molar-refractivity contribution in [1.82, 2.24) is 0 Å². The van der Waals surface area contributed by atoms with Crippen molar-refractivity contribution < 1.29 is 17.6 Å². The van der Waals surface area contributed by atoms with E-state index in [1.165, 1.54) is 122 Å². The third kappa shape index (κ3) is 11.2. The molecule has 2 aliphatic carbocycles. The zero-order chi connectivity index (χ0) is 27.2. The highest BCUT2D eigenvalue weighted by Crippen LogP contribution is 2.41. The van der Waals surface area contributed by atoms with Gasteiger partial charge in [-0.1, -0.05) is 129 Å². The van der Waals surface area contributed by atoms with E-state index in [-0.39, 0.29) is 5.92 Å². The molecule has 0 bridgehead atoms. The fraction of sp³-hybridized carbons (Fsp3) is 0.824. The van der Waals surface area contributed by atoms with Gasteiger partial charge in [-0.15, -0.1) is 0 Å². The number of hydrogen-bond acceptors (Lipinski definition) is 0. The molecule has 1 aromatic rings. The lowest BCUT2D eigenvalue weighted by Gasteiger charge is -2.32. The van der Waals surface area contributed by atoms with Crippen LogP contribution in [0.1, 0.15) is 165 Å². The maximum atomic E-state index is 14.4. The topological polar surface area (TPSA) is 0 Å². The summed E-state index contributed by atoms with van der Waals surface area (Å²) in [5.41, 5.74) is -0.409. The summed E-state index contributed by atoms with van der Waals surface area (Å²) in [6, 6.07) is 3.09. The normalized spacial score (nSPS) is 24.6. The molecular weight excluding hydrogens is 484 g/mol. The van der Waals surface area contributed by atoms with Crippen LogP contribution in [0.4, 0.5) is 17.6 Å². The van der Waals surface area contributed by atoms with Crippen molar-refractivity contribution >= 4 is 0 Å². The molecule has 0 heterocycles. The Morgan fingerprint density at radius 2 is 1.05 bits per heavy atom. The Morgan fingerprint density at radius 1 is 0.605 bits per heavy atom. The predicted molar refractivity (Wildman–Crippen MR) is 152 cm³/mol. The second-order valence-corrected chi connectivity index (χ2v) is 12.7. The molecule has 4 heteroatoms. The van der Waals surface area contributed by atoms with Crippen LogP contribution in [0.5, 0.6) is 0 Å². The van der Waals surface area contributed by atoms with Gasteiger partial charge in [-0.3, -0.25) is 0 Å². The van der Waals surface area contributed by atoms with Crippen molar-refractivity contribution in [3.05, 3.63) is 35.1 Å². The average Bonchev–Trinajstić information content (AvgIpc) is 2.91. The fourth-order valence-corrected chi connectivity index (χ4v) is 7.17. The Bertz CT molecular complexity index is 754. The molecule has 0 nitrogen and oxygen atoms in total. The number of unbranched alkanes of at least 4 members (excludes halogenated alkanes) is 10. The average molecular weight is 539 g/mol. The van der Waals surface area contributed by atoms with E-state index in [4.69, 9.17) is 0 Å². The minimum Gasteiger partial charge on any atom is -0.207 e. The predicted octanol–water partition coefficient (Wildman–Crippen LogP) is 12.4. The van der Waals surface area contributed by atoms with Gasteiger partial charge >= 0.3 is 6.18 Å². The quantitative estimate of drug-likeness (QED) is 0.145. The second-order valence-electron chi connectivity index (χ2n) is 12.7. The molecule has 2 fully saturated rings. The smallest absolute Gasteiger partial charge is 0.207 e. The van der Waals surface area contributed by atoms with Crippen molar-refractivity contribution in [1.29, 1.82) is 0 Å². The summed E-state index contributed by atoms with van der Waals surface area (Å²) in [5.74, 6) is 1.93. The maximum Gasteiger partial charge on any atom is 0.416 e. The van der Waals surface area contributed by atoms with E-state index < -0.39 is 17.6 Å². The summed E-state index contributed by atoms with van der Waals surface area (Å²) in [6.07, 6.45) is 24.8. The molecule has 1 aromatic carbocycles. The van der Waals surface area contributed by atoms with Gasteiger partial charge in [-0.25, -0.2) is 4.39 Å². The molecule has 0 unspecified atom stereocenters. The first-order chi connectivity index (χ1) is 18.4. The maximum absolute atomic E-state index is 14.4. The van der Waals surface area contributed by atoms with E-state index in [1.807, 2.05) is 0 Å². The molecule has 2 saturated carbocycles. The Hall–Kier alpha value is -1.06. The highest BCUT2D eigenvalue weighted by molar-refractivity contribution is 5.29. The molecule has 0 aliphatic heterocycles. The van der Waals surface area contributed by atoms with Crippen LogP contribution in [0.3, 0.4) is 0 Å². The molecule has 0 atom stereocenters. The number of rotatable bonds is 16. The Kier molecular flexibility index (Phi) is 14.0. The molecule has 38 heavy (non-hydrogen) atoms. The number of benzene rings is 1. The molecule has 0 N–H and O–H groups in total. The van der Waals surface area contributed by atoms with Gasteiger partial charge in [0.2, 0.25) is 0 Å². The molecule has 218 valence electrons. The first-order valence-corrected chi connectivity index (χ1v) is 16.2. The zero-order valence-corrected chi connectivity index (χ0v) is 24.1. The largest absolute Gasteiger partial charge is 0.416 e. The van der Waals surface area contributed by atoms with Gasteiger partial charge in [0.25, 0.3) is 0 Å². The van der Waals surface area contributed by atoms with Crippen LogP contribution in [0.2, 0.25) is 0 Å². The monoisotopic (exact) mass is 538 g/mol. The number of hydrogen-bond donors (Lipinski definition) is 0. The fourth-order valence-electron chi connectivity index (χ4n) is 7.17. The lowest BCUT2D eigenvalue weighted by Crippen LogP contribution is -2.18. The molecule has 0 radical (unpaired) electrons.